The molecule has 0 saturated heterocycles. The van der Waals surface area contributed by atoms with Gasteiger partial charge in [-0.2, -0.15) is 23.4 Å². The molecule has 2 aromatic heterocycles. The Bertz CT molecular complexity index is 1440. The summed E-state index contributed by atoms with van der Waals surface area (Å²) in [4.78, 5) is 25.3. The molecule has 12 heteroatoms. The minimum Gasteiger partial charge on any atom is -0.465 e. The Kier molecular flexibility index (Phi) is 6.22. The average molecular weight is 491 g/mol. The minimum atomic E-state index is -4.87. The first-order valence-electron chi connectivity index (χ1n) is 10.6. The van der Waals surface area contributed by atoms with E-state index in [1.54, 1.807) is 14.0 Å². The van der Waals surface area contributed by atoms with Crippen molar-refractivity contribution in [3.8, 4) is 11.1 Å². The van der Waals surface area contributed by atoms with Gasteiger partial charge < -0.3 is 9.64 Å². The van der Waals surface area contributed by atoms with Gasteiger partial charge in [-0.1, -0.05) is 12.1 Å². The Morgan fingerprint density at radius 1 is 1.14 bits per heavy atom. The lowest BCUT2D eigenvalue weighted by Gasteiger charge is -2.16. The van der Waals surface area contributed by atoms with E-state index in [2.05, 4.69) is 10.2 Å². The molecular formula is C23H21F4N5O3. The fraction of sp³-hybridized carbons (Fsp3) is 0.304. The number of halogens is 4. The molecule has 0 radical (unpaired) electrons. The maximum Gasteiger partial charge on any atom is 0.435 e. The molecule has 0 fully saturated rings. The highest BCUT2D eigenvalue weighted by Gasteiger charge is 2.38. The van der Waals surface area contributed by atoms with Crippen LogP contribution in [0.15, 0.2) is 36.5 Å². The van der Waals surface area contributed by atoms with Crippen molar-refractivity contribution < 1.29 is 31.9 Å². The summed E-state index contributed by atoms with van der Waals surface area (Å²) in [6.45, 7) is 0.818. The SMILES string of the molecule is CCOC(=O)CN(C)C(=O)Cn1nc(C(F)(F)F)c2c(-c3cc4c(cnn4C)cc3F)cccc21. The fourth-order valence-electron chi connectivity index (χ4n) is 3.89. The second-order valence-corrected chi connectivity index (χ2v) is 7.92. The predicted molar refractivity (Wildman–Crippen MR) is 119 cm³/mol. The van der Waals surface area contributed by atoms with Gasteiger partial charge >= 0.3 is 12.1 Å². The van der Waals surface area contributed by atoms with Crippen molar-refractivity contribution in [1.29, 1.82) is 0 Å². The maximum absolute atomic E-state index is 15.0. The number of likely N-dealkylation sites (N-methyl/N-ethyl adjacent to an activating group) is 1. The molecule has 2 heterocycles. The number of amides is 1. The number of rotatable bonds is 6. The highest BCUT2D eigenvalue weighted by Crippen LogP contribution is 2.40. The van der Waals surface area contributed by atoms with Crippen molar-refractivity contribution in [2.24, 2.45) is 7.05 Å². The van der Waals surface area contributed by atoms with Crippen LogP contribution in [-0.2, 0) is 34.1 Å². The standard InChI is InChI=1S/C23H21F4N5O3/c1-4-35-20(34)12-30(2)19(33)11-32-17-7-5-6-14(21(17)22(29-32)23(25,26)27)15-9-18-13(8-16(15)24)10-28-31(18)3/h5-10H,4,11-12H2,1-3H3. The van der Waals surface area contributed by atoms with Gasteiger partial charge in [0.15, 0.2) is 5.69 Å². The molecule has 0 N–H and O–H groups in total. The molecule has 0 spiro atoms. The van der Waals surface area contributed by atoms with Gasteiger partial charge in [-0.25, -0.2) is 4.39 Å². The van der Waals surface area contributed by atoms with Gasteiger partial charge in [0.25, 0.3) is 0 Å². The summed E-state index contributed by atoms with van der Waals surface area (Å²) in [6.07, 6.45) is -3.41. The summed E-state index contributed by atoms with van der Waals surface area (Å²) in [5, 5.41) is 7.90. The Hall–Kier alpha value is -3.96. The average Bonchev–Trinajstić information content (AvgIpc) is 3.33. The Morgan fingerprint density at radius 3 is 2.57 bits per heavy atom. The topological polar surface area (TPSA) is 82.2 Å². The van der Waals surface area contributed by atoms with E-state index in [-0.39, 0.29) is 35.2 Å². The highest BCUT2D eigenvalue weighted by atomic mass is 19.4. The lowest BCUT2D eigenvalue weighted by atomic mass is 9.98. The third kappa shape index (κ3) is 4.55. The van der Waals surface area contributed by atoms with Crippen LogP contribution in [0.5, 0.6) is 0 Å². The number of alkyl halides is 3. The minimum absolute atomic E-state index is 0.00258. The van der Waals surface area contributed by atoms with Crippen LogP contribution in [0.4, 0.5) is 17.6 Å². The van der Waals surface area contributed by atoms with E-state index in [0.29, 0.717) is 10.9 Å². The molecule has 4 aromatic rings. The number of esters is 1. The first kappa shape index (κ1) is 24.2. The molecule has 4 rings (SSSR count). The zero-order valence-electron chi connectivity index (χ0n) is 19.1. The predicted octanol–water partition coefficient (Wildman–Crippen LogP) is 3.77. The van der Waals surface area contributed by atoms with Crippen molar-refractivity contribution in [3.63, 3.8) is 0 Å². The van der Waals surface area contributed by atoms with Crippen LogP contribution in [-0.4, -0.2) is 56.5 Å². The zero-order chi connectivity index (χ0) is 25.5. The van der Waals surface area contributed by atoms with E-state index < -0.39 is 36.1 Å². The first-order valence-corrected chi connectivity index (χ1v) is 10.6. The third-order valence-electron chi connectivity index (χ3n) is 5.55. The summed E-state index contributed by atoms with van der Waals surface area (Å²) < 4.78 is 64.2. The van der Waals surface area contributed by atoms with E-state index in [1.807, 2.05) is 0 Å². The van der Waals surface area contributed by atoms with Crippen LogP contribution in [0, 0.1) is 5.82 Å². The van der Waals surface area contributed by atoms with Gasteiger partial charge in [-0.15, -0.1) is 0 Å². The number of carbonyl (C=O) groups is 2. The molecule has 184 valence electrons. The lowest BCUT2D eigenvalue weighted by molar-refractivity contribution is -0.148. The van der Waals surface area contributed by atoms with E-state index >= 15 is 4.39 Å². The van der Waals surface area contributed by atoms with E-state index in [1.165, 1.54) is 48.3 Å². The van der Waals surface area contributed by atoms with Crippen LogP contribution in [0.3, 0.4) is 0 Å². The molecule has 0 aliphatic heterocycles. The quantitative estimate of drug-likeness (QED) is 0.303. The smallest absolute Gasteiger partial charge is 0.435 e. The summed E-state index contributed by atoms with van der Waals surface area (Å²) >= 11 is 0. The number of hydrogen-bond acceptors (Lipinski definition) is 5. The van der Waals surface area contributed by atoms with Gasteiger partial charge in [-0.05, 0) is 30.7 Å². The largest absolute Gasteiger partial charge is 0.465 e. The van der Waals surface area contributed by atoms with Crippen molar-refractivity contribution in [2.75, 3.05) is 20.2 Å². The number of nitrogens with zero attached hydrogens (tertiary/aromatic N) is 5. The Balaban J connectivity index is 1.83. The van der Waals surface area contributed by atoms with Crippen molar-refractivity contribution in [3.05, 3.63) is 48.0 Å². The van der Waals surface area contributed by atoms with E-state index in [9.17, 15) is 22.8 Å². The second-order valence-electron chi connectivity index (χ2n) is 7.92. The molecule has 0 aliphatic rings. The molecular weight excluding hydrogens is 470 g/mol. The molecule has 35 heavy (non-hydrogen) atoms. The van der Waals surface area contributed by atoms with Crippen LogP contribution in [0.1, 0.15) is 12.6 Å². The molecule has 0 saturated carbocycles. The van der Waals surface area contributed by atoms with E-state index in [4.69, 9.17) is 4.74 Å². The summed E-state index contributed by atoms with van der Waals surface area (Å²) in [5.41, 5.74) is -0.780. The molecule has 2 aromatic carbocycles. The Labute approximate surface area is 196 Å². The fourth-order valence-corrected chi connectivity index (χ4v) is 3.89. The maximum atomic E-state index is 15.0. The molecule has 0 aliphatic carbocycles. The van der Waals surface area contributed by atoms with Crippen LogP contribution >= 0.6 is 0 Å². The number of carbonyl (C=O) groups excluding carboxylic acids is 2. The number of benzene rings is 2. The van der Waals surface area contributed by atoms with Gasteiger partial charge in [0.2, 0.25) is 5.91 Å². The summed E-state index contributed by atoms with van der Waals surface area (Å²) in [5.74, 6) is -2.01. The first-order chi connectivity index (χ1) is 16.5. The van der Waals surface area contributed by atoms with Gasteiger partial charge in [-0.3, -0.25) is 19.0 Å². The van der Waals surface area contributed by atoms with Gasteiger partial charge in [0.05, 0.1) is 23.8 Å². The second kappa shape index (κ2) is 9.01. The number of fused-ring (bicyclic) bond motifs is 2. The van der Waals surface area contributed by atoms with Crippen LogP contribution in [0.25, 0.3) is 32.9 Å². The molecule has 0 bridgehead atoms. The van der Waals surface area contributed by atoms with Crippen molar-refractivity contribution in [1.82, 2.24) is 24.5 Å². The molecule has 1 amide bonds. The number of aryl methyl sites for hydroxylation is 1. The van der Waals surface area contributed by atoms with Crippen molar-refractivity contribution >= 4 is 33.7 Å². The Morgan fingerprint density at radius 2 is 1.89 bits per heavy atom. The van der Waals surface area contributed by atoms with E-state index in [0.717, 1.165) is 9.58 Å². The molecule has 8 nitrogen and oxygen atoms in total. The number of hydrogen-bond donors (Lipinski definition) is 0. The highest BCUT2D eigenvalue weighted by molar-refractivity contribution is 5.99. The third-order valence-corrected chi connectivity index (χ3v) is 5.55. The number of aromatic nitrogens is 4. The molecule has 0 atom stereocenters. The lowest BCUT2D eigenvalue weighted by Crippen LogP contribution is -2.35. The van der Waals surface area contributed by atoms with Crippen LogP contribution < -0.4 is 0 Å². The number of ether oxygens (including phenoxy) is 1. The normalized spacial score (nSPS) is 11.9. The van der Waals surface area contributed by atoms with Gasteiger partial charge in [0.1, 0.15) is 18.9 Å². The van der Waals surface area contributed by atoms with Gasteiger partial charge in [0, 0.05) is 30.4 Å². The zero-order valence-corrected chi connectivity index (χ0v) is 19.1. The monoisotopic (exact) mass is 491 g/mol. The summed E-state index contributed by atoms with van der Waals surface area (Å²) in [7, 11) is 2.97. The summed E-state index contributed by atoms with van der Waals surface area (Å²) in [6, 6.07) is 6.86. The molecule has 0 unspecified atom stereocenters. The van der Waals surface area contributed by atoms with Crippen LogP contribution in [0.2, 0.25) is 0 Å². The van der Waals surface area contributed by atoms with Crippen molar-refractivity contribution in [2.45, 2.75) is 19.6 Å².